The number of nitrogens with zero attached hydrogens (tertiary/aromatic N) is 2. The Kier molecular flexibility index (Phi) is 5.14. The van der Waals surface area contributed by atoms with Crippen molar-refractivity contribution in [1.29, 1.82) is 0 Å². The number of rotatable bonds is 4. The highest BCUT2D eigenvalue weighted by atomic mass is 32.2. The summed E-state index contributed by atoms with van der Waals surface area (Å²) < 4.78 is 23.3. The van der Waals surface area contributed by atoms with E-state index < -0.39 is 15.9 Å². The van der Waals surface area contributed by atoms with Crippen molar-refractivity contribution in [2.45, 2.75) is 30.2 Å². The zero-order valence-electron chi connectivity index (χ0n) is 13.8. The van der Waals surface area contributed by atoms with Crippen LogP contribution in [-0.4, -0.2) is 54.8 Å². The minimum absolute atomic E-state index is 0.0555. The number of hydrazone groups is 1. The number of benzene rings is 1. The number of thioether (sulfide) groups is 1. The summed E-state index contributed by atoms with van der Waals surface area (Å²) in [4.78, 5) is 25.6. The average Bonchev–Trinajstić information content (AvgIpc) is 2.95. The molecular weight excluding hydrogens is 362 g/mol. The molecule has 2 heterocycles. The van der Waals surface area contributed by atoms with Crippen LogP contribution >= 0.6 is 11.8 Å². The first kappa shape index (κ1) is 17.9. The van der Waals surface area contributed by atoms with Crippen LogP contribution in [-0.2, 0) is 19.4 Å². The van der Waals surface area contributed by atoms with Crippen molar-refractivity contribution in [2.24, 2.45) is 5.10 Å². The van der Waals surface area contributed by atoms with E-state index in [0.717, 1.165) is 4.90 Å². The second-order valence-electron chi connectivity index (χ2n) is 6.03. The largest absolute Gasteiger partial charge is 0.321 e. The van der Waals surface area contributed by atoms with E-state index in [9.17, 15) is 18.0 Å². The third-order valence-electron chi connectivity index (χ3n) is 4.20. The van der Waals surface area contributed by atoms with Crippen LogP contribution in [0.3, 0.4) is 0 Å². The van der Waals surface area contributed by atoms with Crippen molar-refractivity contribution < 1.29 is 18.0 Å². The fourth-order valence-corrected chi connectivity index (χ4v) is 5.04. The highest BCUT2D eigenvalue weighted by Gasteiger charge is 2.37. The van der Waals surface area contributed by atoms with Crippen molar-refractivity contribution in [1.82, 2.24) is 5.01 Å². The molecule has 0 aliphatic carbocycles. The van der Waals surface area contributed by atoms with Crippen LogP contribution in [0.1, 0.15) is 19.3 Å². The van der Waals surface area contributed by atoms with Crippen LogP contribution in [0.4, 0.5) is 5.69 Å². The molecule has 0 unspecified atom stereocenters. The van der Waals surface area contributed by atoms with Gasteiger partial charge in [-0.25, -0.2) is 13.4 Å². The maximum absolute atomic E-state index is 12.5. The van der Waals surface area contributed by atoms with Gasteiger partial charge in [0, 0.05) is 23.4 Å². The van der Waals surface area contributed by atoms with Crippen molar-refractivity contribution in [2.75, 3.05) is 23.1 Å². The summed E-state index contributed by atoms with van der Waals surface area (Å²) in [6.45, 7) is 0. The molecule has 2 aliphatic rings. The Morgan fingerprint density at radius 2 is 2.16 bits per heavy atom. The van der Waals surface area contributed by atoms with Gasteiger partial charge in [-0.15, -0.1) is 11.8 Å². The molecule has 3 rings (SSSR count). The minimum Gasteiger partial charge on any atom is -0.321 e. The standard InChI is InChI=1S/C16H19N3O4S2/c1-24-13-4-2-3-11(9-13)17-16(21)14-5-6-15(20)19(18-14)12-7-8-25(22,23)10-12/h2-4,9,12H,5-8,10H2,1H3,(H,17,21)/t12-/m1/s1. The van der Waals surface area contributed by atoms with E-state index in [1.165, 1.54) is 5.01 Å². The molecule has 1 saturated heterocycles. The lowest BCUT2D eigenvalue weighted by atomic mass is 10.1. The van der Waals surface area contributed by atoms with E-state index in [4.69, 9.17) is 0 Å². The van der Waals surface area contributed by atoms with Crippen LogP contribution in [0, 0.1) is 0 Å². The first-order valence-corrected chi connectivity index (χ1v) is 11.0. The van der Waals surface area contributed by atoms with E-state index in [2.05, 4.69) is 10.4 Å². The van der Waals surface area contributed by atoms with Crippen molar-refractivity contribution >= 4 is 44.8 Å². The van der Waals surface area contributed by atoms with Gasteiger partial charge < -0.3 is 5.32 Å². The SMILES string of the molecule is CSc1cccc(NC(=O)C2=NN([C@@H]3CCS(=O)(=O)C3)C(=O)CC2)c1. The van der Waals surface area contributed by atoms with Crippen molar-refractivity contribution in [3.63, 3.8) is 0 Å². The average molecular weight is 381 g/mol. The highest BCUT2D eigenvalue weighted by Crippen LogP contribution is 2.23. The quantitative estimate of drug-likeness (QED) is 0.798. The van der Waals surface area contributed by atoms with Crippen LogP contribution in [0.2, 0.25) is 0 Å². The molecule has 0 aromatic heterocycles. The number of nitrogens with one attached hydrogen (secondary N) is 1. The van der Waals surface area contributed by atoms with Gasteiger partial charge in [0.1, 0.15) is 5.71 Å². The molecule has 1 N–H and O–H groups in total. The fourth-order valence-electron chi connectivity index (χ4n) is 2.89. The zero-order valence-corrected chi connectivity index (χ0v) is 15.4. The maximum atomic E-state index is 12.5. The Bertz CT molecular complexity index is 836. The summed E-state index contributed by atoms with van der Waals surface area (Å²) in [6, 6.07) is 6.97. The Morgan fingerprint density at radius 3 is 2.84 bits per heavy atom. The maximum Gasteiger partial charge on any atom is 0.271 e. The molecule has 25 heavy (non-hydrogen) atoms. The zero-order chi connectivity index (χ0) is 18.0. The van der Waals surface area contributed by atoms with E-state index >= 15 is 0 Å². The lowest BCUT2D eigenvalue weighted by Gasteiger charge is -2.27. The number of sulfone groups is 1. The number of amides is 2. The molecule has 0 radical (unpaired) electrons. The molecule has 1 fully saturated rings. The van der Waals surface area contributed by atoms with E-state index in [1.54, 1.807) is 17.8 Å². The number of anilines is 1. The lowest BCUT2D eigenvalue weighted by Crippen LogP contribution is -2.42. The molecule has 1 aromatic carbocycles. The van der Waals surface area contributed by atoms with E-state index in [0.29, 0.717) is 12.1 Å². The summed E-state index contributed by atoms with van der Waals surface area (Å²) in [5, 5.41) is 8.15. The third-order valence-corrected chi connectivity index (χ3v) is 6.68. The van der Waals surface area contributed by atoms with Crippen LogP contribution in [0.5, 0.6) is 0 Å². The van der Waals surface area contributed by atoms with Crippen LogP contribution in [0.15, 0.2) is 34.3 Å². The first-order chi connectivity index (χ1) is 11.9. The molecule has 0 bridgehead atoms. The number of hydrogen-bond donors (Lipinski definition) is 1. The second-order valence-corrected chi connectivity index (χ2v) is 9.14. The van der Waals surface area contributed by atoms with Crippen molar-refractivity contribution in [3.8, 4) is 0 Å². The lowest BCUT2D eigenvalue weighted by molar-refractivity contribution is -0.133. The van der Waals surface area contributed by atoms with Gasteiger partial charge in [0.2, 0.25) is 5.91 Å². The molecule has 134 valence electrons. The Morgan fingerprint density at radius 1 is 1.36 bits per heavy atom. The summed E-state index contributed by atoms with van der Waals surface area (Å²) in [6.07, 6.45) is 2.73. The normalized spacial score (nSPS) is 22.6. The molecule has 2 aliphatic heterocycles. The van der Waals surface area contributed by atoms with Crippen LogP contribution in [0.25, 0.3) is 0 Å². The van der Waals surface area contributed by atoms with E-state index in [-0.39, 0.29) is 41.9 Å². The van der Waals surface area contributed by atoms with Gasteiger partial charge in [0.15, 0.2) is 9.84 Å². The van der Waals surface area contributed by atoms with Gasteiger partial charge >= 0.3 is 0 Å². The predicted molar refractivity (Wildman–Crippen MR) is 97.4 cm³/mol. The smallest absolute Gasteiger partial charge is 0.271 e. The number of carbonyl (C=O) groups is 2. The molecule has 1 aromatic rings. The number of hydrogen-bond acceptors (Lipinski definition) is 6. The molecule has 0 spiro atoms. The van der Waals surface area contributed by atoms with Gasteiger partial charge in [-0.2, -0.15) is 5.10 Å². The Balaban J connectivity index is 1.75. The second kappa shape index (κ2) is 7.17. The van der Waals surface area contributed by atoms with Gasteiger partial charge in [-0.3, -0.25) is 9.59 Å². The van der Waals surface area contributed by atoms with Gasteiger partial charge in [0.25, 0.3) is 5.91 Å². The molecule has 0 saturated carbocycles. The highest BCUT2D eigenvalue weighted by molar-refractivity contribution is 7.98. The predicted octanol–water partition coefficient (Wildman–Crippen LogP) is 1.51. The summed E-state index contributed by atoms with van der Waals surface area (Å²) >= 11 is 1.57. The number of carbonyl (C=O) groups excluding carboxylic acids is 2. The molecule has 9 heteroatoms. The minimum atomic E-state index is -3.13. The molecular formula is C16H19N3O4S2. The first-order valence-electron chi connectivity index (χ1n) is 7.93. The summed E-state index contributed by atoms with van der Waals surface area (Å²) in [7, 11) is -3.13. The molecule has 1 atom stereocenters. The Hall–Kier alpha value is -1.87. The summed E-state index contributed by atoms with van der Waals surface area (Å²) in [5.41, 5.74) is 0.907. The van der Waals surface area contributed by atoms with Crippen LogP contribution < -0.4 is 5.32 Å². The summed E-state index contributed by atoms with van der Waals surface area (Å²) in [5.74, 6) is -0.632. The fraction of sp³-hybridized carbons (Fsp3) is 0.438. The van der Waals surface area contributed by atoms with Gasteiger partial charge in [-0.05, 0) is 30.9 Å². The topological polar surface area (TPSA) is 95.9 Å². The van der Waals surface area contributed by atoms with Crippen molar-refractivity contribution in [3.05, 3.63) is 24.3 Å². The molecule has 2 amide bonds. The van der Waals surface area contributed by atoms with Gasteiger partial charge in [-0.1, -0.05) is 6.07 Å². The third kappa shape index (κ3) is 4.21. The van der Waals surface area contributed by atoms with Gasteiger partial charge in [0.05, 0.1) is 17.5 Å². The monoisotopic (exact) mass is 381 g/mol. The molecule has 7 nitrogen and oxygen atoms in total. The Labute approximate surface area is 150 Å². The van der Waals surface area contributed by atoms with E-state index in [1.807, 2.05) is 24.5 Å².